The van der Waals surface area contributed by atoms with Gasteiger partial charge in [-0.25, -0.2) is 0 Å². The Morgan fingerprint density at radius 3 is 2.75 bits per heavy atom. The summed E-state index contributed by atoms with van der Waals surface area (Å²) in [6, 6.07) is 4.78. The maximum Gasteiger partial charge on any atom is 0.270 e. The zero-order valence-electron chi connectivity index (χ0n) is 11.7. The smallest absolute Gasteiger partial charge is 0.270 e. The number of rotatable bonds is 2. The van der Waals surface area contributed by atoms with Crippen molar-refractivity contribution in [2.75, 3.05) is 7.05 Å². The third kappa shape index (κ3) is 2.81. The van der Waals surface area contributed by atoms with Gasteiger partial charge < -0.3 is 10.2 Å². The summed E-state index contributed by atoms with van der Waals surface area (Å²) >= 11 is 5.90. The summed E-state index contributed by atoms with van der Waals surface area (Å²) in [5.74, 6) is -0.111. The summed E-state index contributed by atoms with van der Waals surface area (Å²) in [5, 5.41) is 3.67. The number of hydrogen-bond acceptors (Lipinski definition) is 3. The van der Waals surface area contributed by atoms with Crippen LogP contribution < -0.4 is 5.32 Å². The van der Waals surface area contributed by atoms with Crippen LogP contribution >= 0.6 is 11.6 Å². The molecule has 20 heavy (non-hydrogen) atoms. The molecule has 0 spiro atoms. The normalized spacial score (nSPS) is 30.0. The van der Waals surface area contributed by atoms with E-state index in [0.717, 1.165) is 12.8 Å². The van der Waals surface area contributed by atoms with Crippen molar-refractivity contribution >= 4 is 17.5 Å². The van der Waals surface area contributed by atoms with Crippen molar-refractivity contribution in [1.82, 2.24) is 15.2 Å². The van der Waals surface area contributed by atoms with Gasteiger partial charge in [0.1, 0.15) is 5.69 Å². The molecule has 2 bridgehead atoms. The Labute approximate surface area is 124 Å². The Balaban J connectivity index is 1.65. The number of piperidine rings is 2. The molecule has 0 radical (unpaired) electrons. The van der Waals surface area contributed by atoms with Gasteiger partial charge in [-0.15, -0.1) is 0 Å². The maximum atomic E-state index is 12.2. The number of nitrogens with one attached hydrogen (secondary N) is 1. The van der Waals surface area contributed by atoms with Crippen LogP contribution in [-0.2, 0) is 0 Å². The fourth-order valence-corrected chi connectivity index (χ4v) is 3.68. The van der Waals surface area contributed by atoms with Crippen LogP contribution in [0.5, 0.6) is 0 Å². The molecule has 1 N–H and O–H groups in total. The molecule has 5 heteroatoms. The van der Waals surface area contributed by atoms with Crippen LogP contribution in [0.4, 0.5) is 0 Å². The van der Waals surface area contributed by atoms with E-state index in [2.05, 4.69) is 22.2 Å². The molecule has 2 saturated heterocycles. The lowest BCUT2D eigenvalue weighted by atomic mass is 9.82. The minimum atomic E-state index is -0.111. The molecule has 4 nitrogen and oxygen atoms in total. The zero-order valence-corrected chi connectivity index (χ0v) is 12.4. The average molecular weight is 294 g/mol. The summed E-state index contributed by atoms with van der Waals surface area (Å²) in [4.78, 5) is 18.8. The molecule has 108 valence electrons. The van der Waals surface area contributed by atoms with Crippen molar-refractivity contribution < 1.29 is 4.79 Å². The van der Waals surface area contributed by atoms with Crippen LogP contribution in [0, 0.1) is 0 Å². The summed E-state index contributed by atoms with van der Waals surface area (Å²) in [6.07, 6.45) is 7.46. The molecule has 0 aliphatic carbocycles. The lowest BCUT2D eigenvalue weighted by Gasteiger charge is -2.47. The number of aromatic nitrogens is 1. The number of halogens is 1. The average Bonchev–Trinajstić information content (AvgIpc) is 2.40. The van der Waals surface area contributed by atoms with Crippen LogP contribution in [-0.4, -0.2) is 41.0 Å². The number of carbonyl (C=O) groups excluding carboxylic acids is 1. The van der Waals surface area contributed by atoms with E-state index in [4.69, 9.17) is 11.6 Å². The first-order valence-corrected chi connectivity index (χ1v) is 7.65. The van der Waals surface area contributed by atoms with E-state index in [9.17, 15) is 4.79 Å². The number of pyridine rings is 1. The molecular formula is C15H20ClN3O. The first kappa shape index (κ1) is 13.8. The van der Waals surface area contributed by atoms with E-state index in [0.29, 0.717) is 22.8 Å². The van der Waals surface area contributed by atoms with Crippen molar-refractivity contribution in [2.45, 2.75) is 50.2 Å². The predicted octanol–water partition coefficient (Wildman–Crippen LogP) is 2.48. The second-order valence-electron chi connectivity index (χ2n) is 5.91. The van der Waals surface area contributed by atoms with Gasteiger partial charge in [0.15, 0.2) is 0 Å². The molecule has 1 aromatic heterocycles. The van der Waals surface area contributed by atoms with Crippen molar-refractivity contribution in [3.05, 3.63) is 29.0 Å². The molecule has 0 aromatic carbocycles. The highest BCUT2D eigenvalue weighted by molar-refractivity contribution is 6.30. The van der Waals surface area contributed by atoms with Gasteiger partial charge in [0, 0.05) is 29.3 Å². The topological polar surface area (TPSA) is 45.2 Å². The standard InChI is InChI=1S/C15H20ClN3O/c1-19-12-3-2-4-13(19)9-11(8-12)18-15(20)14-7-10(16)5-6-17-14/h5-7,11-13H,2-4,8-9H2,1H3,(H,18,20). The quantitative estimate of drug-likeness (QED) is 0.911. The van der Waals surface area contributed by atoms with Crippen LogP contribution in [0.15, 0.2) is 18.3 Å². The highest BCUT2D eigenvalue weighted by atomic mass is 35.5. The lowest BCUT2D eigenvalue weighted by Crippen LogP contribution is -2.55. The van der Waals surface area contributed by atoms with Gasteiger partial charge in [-0.3, -0.25) is 9.78 Å². The SMILES string of the molecule is CN1C2CCCC1CC(NC(=O)c1cc(Cl)ccn1)C2. The van der Waals surface area contributed by atoms with E-state index in [1.807, 2.05) is 0 Å². The van der Waals surface area contributed by atoms with Gasteiger partial charge in [-0.2, -0.15) is 0 Å². The molecule has 2 fully saturated rings. The molecule has 2 aliphatic rings. The van der Waals surface area contributed by atoms with E-state index >= 15 is 0 Å². The third-order valence-electron chi connectivity index (χ3n) is 4.63. The number of nitrogens with zero attached hydrogens (tertiary/aromatic N) is 2. The van der Waals surface area contributed by atoms with Gasteiger partial charge >= 0.3 is 0 Å². The Hall–Kier alpha value is -1.13. The number of carbonyl (C=O) groups is 1. The lowest BCUT2D eigenvalue weighted by molar-refractivity contribution is 0.0462. The highest BCUT2D eigenvalue weighted by Crippen LogP contribution is 2.32. The molecule has 3 rings (SSSR count). The highest BCUT2D eigenvalue weighted by Gasteiger charge is 2.36. The van der Waals surface area contributed by atoms with Crippen molar-refractivity contribution in [3.8, 4) is 0 Å². The second-order valence-corrected chi connectivity index (χ2v) is 6.34. The summed E-state index contributed by atoms with van der Waals surface area (Å²) in [6.45, 7) is 0. The van der Waals surface area contributed by atoms with Crippen molar-refractivity contribution in [1.29, 1.82) is 0 Å². The molecule has 0 saturated carbocycles. The third-order valence-corrected chi connectivity index (χ3v) is 4.86. The molecule has 2 aliphatic heterocycles. The van der Waals surface area contributed by atoms with Crippen LogP contribution in [0.25, 0.3) is 0 Å². The molecule has 3 heterocycles. The predicted molar refractivity (Wildman–Crippen MR) is 78.9 cm³/mol. The Morgan fingerprint density at radius 1 is 1.40 bits per heavy atom. The van der Waals surface area contributed by atoms with E-state index < -0.39 is 0 Å². The molecule has 1 aromatic rings. The van der Waals surface area contributed by atoms with E-state index in [-0.39, 0.29) is 11.9 Å². The summed E-state index contributed by atoms with van der Waals surface area (Å²) in [5.41, 5.74) is 0.404. The largest absolute Gasteiger partial charge is 0.348 e. The first-order chi connectivity index (χ1) is 9.63. The van der Waals surface area contributed by atoms with Gasteiger partial charge in [0.25, 0.3) is 5.91 Å². The Bertz CT molecular complexity index is 494. The van der Waals surface area contributed by atoms with Gasteiger partial charge in [-0.1, -0.05) is 18.0 Å². The number of hydrogen-bond donors (Lipinski definition) is 1. The van der Waals surface area contributed by atoms with Crippen molar-refractivity contribution in [2.24, 2.45) is 0 Å². The first-order valence-electron chi connectivity index (χ1n) is 7.28. The monoisotopic (exact) mass is 293 g/mol. The molecule has 2 atom stereocenters. The van der Waals surface area contributed by atoms with Crippen LogP contribution in [0.1, 0.15) is 42.6 Å². The van der Waals surface area contributed by atoms with E-state index in [1.165, 1.54) is 19.3 Å². The van der Waals surface area contributed by atoms with Crippen LogP contribution in [0.2, 0.25) is 5.02 Å². The minimum absolute atomic E-state index is 0.111. The minimum Gasteiger partial charge on any atom is -0.348 e. The summed E-state index contributed by atoms with van der Waals surface area (Å²) < 4.78 is 0. The fourth-order valence-electron chi connectivity index (χ4n) is 3.52. The maximum absolute atomic E-state index is 12.2. The van der Waals surface area contributed by atoms with Gasteiger partial charge in [-0.05, 0) is 44.9 Å². The number of fused-ring (bicyclic) bond motifs is 2. The fraction of sp³-hybridized carbons (Fsp3) is 0.600. The second kappa shape index (κ2) is 5.70. The molecule has 1 amide bonds. The van der Waals surface area contributed by atoms with Gasteiger partial charge in [0.2, 0.25) is 0 Å². The van der Waals surface area contributed by atoms with Crippen molar-refractivity contribution in [3.63, 3.8) is 0 Å². The Morgan fingerprint density at radius 2 is 2.10 bits per heavy atom. The van der Waals surface area contributed by atoms with Crippen LogP contribution in [0.3, 0.4) is 0 Å². The number of amides is 1. The molecule has 2 unspecified atom stereocenters. The molecular weight excluding hydrogens is 274 g/mol. The summed E-state index contributed by atoms with van der Waals surface area (Å²) in [7, 11) is 2.21. The van der Waals surface area contributed by atoms with Gasteiger partial charge in [0.05, 0.1) is 0 Å². The Kier molecular flexibility index (Phi) is 3.94. The zero-order chi connectivity index (χ0) is 14.1. The van der Waals surface area contributed by atoms with E-state index in [1.54, 1.807) is 18.3 Å².